The van der Waals surface area contributed by atoms with Crippen LogP contribution in [0.2, 0.25) is 0 Å². The largest absolute Gasteiger partial charge is 0.314 e. The van der Waals surface area contributed by atoms with Gasteiger partial charge < -0.3 is 5.32 Å². The first kappa shape index (κ1) is 13.2. The van der Waals surface area contributed by atoms with E-state index in [0.717, 1.165) is 6.54 Å². The van der Waals surface area contributed by atoms with Gasteiger partial charge in [-0.2, -0.15) is 0 Å². The molecule has 1 aromatic rings. The predicted molar refractivity (Wildman–Crippen MR) is 69.7 cm³/mol. The average molecular weight is 220 g/mol. The van der Waals surface area contributed by atoms with E-state index in [-0.39, 0.29) is 0 Å². The fourth-order valence-electron chi connectivity index (χ4n) is 1.86. The second-order valence-corrected chi connectivity index (χ2v) is 5.06. The highest BCUT2D eigenvalue weighted by atomic mass is 14.9. The molecule has 90 valence electrons. The maximum Gasteiger partial charge on any atom is 0.0305 e. The molecule has 2 heteroatoms. The highest BCUT2D eigenvalue weighted by Crippen LogP contribution is 2.25. The van der Waals surface area contributed by atoms with Crippen molar-refractivity contribution < 1.29 is 0 Å². The Hall–Kier alpha value is -0.890. The van der Waals surface area contributed by atoms with Crippen LogP contribution in [0.15, 0.2) is 18.5 Å². The summed E-state index contributed by atoms with van der Waals surface area (Å²) < 4.78 is 0. The van der Waals surface area contributed by atoms with E-state index in [4.69, 9.17) is 0 Å². The number of pyridine rings is 1. The molecule has 2 unspecified atom stereocenters. The van der Waals surface area contributed by atoms with E-state index >= 15 is 0 Å². The minimum absolute atomic E-state index is 0.556. The van der Waals surface area contributed by atoms with Gasteiger partial charge in [0.05, 0.1) is 0 Å². The first-order chi connectivity index (χ1) is 7.52. The van der Waals surface area contributed by atoms with E-state index in [2.05, 4.69) is 51.0 Å². The normalized spacial score (nSPS) is 15.1. The number of hydrogen-bond acceptors (Lipinski definition) is 2. The molecule has 0 aliphatic heterocycles. The molecule has 1 heterocycles. The third kappa shape index (κ3) is 3.60. The number of aryl methyl sites for hydroxylation is 1. The first-order valence-corrected chi connectivity index (χ1v) is 6.16. The van der Waals surface area contributed by atoms with Crippen LogP contribution in [0, 0.1) is 12.8 Å². The monoisotopic (exact) mass is 220 g/mol. The van der Waals surface area contributed by atoms with Gasteiger partial charge in [0.2, 0.25) is 0 Å². The Balaban J connectivity index is 2.63. The molecular weight excluding hydrogens is 196 g/mol. The van der Waals surface area contributed by atoms with Gasteiger partial charge in [-0.05, 0) is 42.5 Å². The lowest BCUT2D eigenvalue weighted by Gasteiger charge is -2.23. The number of nitrogens with zero attached hydrogens (tertiary/aromatic N) is 1. The van der Waals surface area contributed by atoms with Crippen molar-refractivity contribution in [3.05, 3.63) is 29.6 Å². The van der Waals surface area contributed by atoms with Crippen LogP contribution in [-0.4, -0.2) is 17.6 Å². The molecule has 0 aliphatic rings. The Morgan fingerprint density at radius 1 is 1.25 bits per heavy atom. The van der Waals surface area contributed by atoms with E-state index < -0.39 is 0 Å². The van der Waals surface area contributed by atoms with E-state index in [1.54, 1.807) is 0 Å². The van der Waals surface area contributed by atoms with Gasteiger partial charge in [-0.1, -0.05) is 27.7 Å². The van der Waals surface area contributed by atoms with Crippen molar-refractivity contribution in [2.75, 3.05) is 6.54 Å². The van der Waals surface area contributed by atoms with Crippen molar-refractivity contribution in [3.8, 4) is 0 Å². The fourth-order valence-corrected chi connectivity index (χ4v) is 1.86. The van der Waals surface area contributed by atoms with Gasteiger partial charge >= 0.3 is 0 Å². The molecule has 0 fully saturated rings. The van der Waals surface area contributed by atoms with Crippen LogP contribution in [0.25, 0.3) is 0 Å². The van der Waals surface area contributed by atoms with E-state index in [9.17, 15) is 0 Å². The minimum Gasteiger partial charge on any atom is -0.314 e. The zero-order valence-corrected chi connectivity index (χ0v) is 11.1. The molecule has 2 atom stereocenters. The maximum atomic E-state index is 4.22. The lowest BCUT2D eigenvalue weighted by Crippen LogP contribution is -2.30. The zero-order chi connectivity index (χ0) is 12.1. The third-order valence-corrected chi connectivity index (χ3v) is 3.27. The third-order valence-electron chi connectivity index (χ3n) is 3.27. The molecule has 1 N–H and O–H groups in total. The predicted octanol–water partition coefficient (Wildman–Crippen LogP) is 3.13. The molecular formula is C14H24N2. The molecule has 2 nitrogen and oxygen atoms in total. The van der Waals surface area contributed by atoms with Gasteiger partial charge in [0.1, 0.15) is 0 Å². The van der Waals surface area contributed by atoms with Gasteiger partial charge in [-0.3, -0.25) is 4.98 Å². The van der Waals surface area contributed by atoms with E-state index in [1.807, 2.05) is 12.4 Å². The molecule has 1 aromatic heterocycles. The molecule has 0 saturated carbocycles. The maximum absolute atomic E-state index is 4.22. The highest BCUT2D eigenvalue weighted by molar-refractivity contribution is 5.25. The van der Waals surface area contributed by atoms with E-state index in [0.29, 0.717) is 17.9 Å². The van der Waals surface area contributed by atoms with Gasteiger partial charge in [-0.15, -0.1) is 0 Å². The van der Waals surface area contributed by atoms with Crippen LogP contribution in [0.3, 0.4) is 0 Å². The summed E-state index contributed by atoms with van der Waals surface area (Å²) in [5.41, 5.74) is 2.72. The van der Waals surface area contributed by atoms with Crippen molar-refractivity contribution in [1.29, 1.82) is 0 Å². The van der Waals surface area contributed by atoms with Crippen LogP contribution in [0.5, 0.6) is 0 Å². The molecule has 0 bridgehead atoms. The summed E-state index contributed by atoms with van der Waals surface area (Å²) in [7, 11) is 0. The molecule has 0 saturated heterocycles. The summed E-state index contributed by atoms with van der Waals surface area (Å²) in [5.74, 6) is 1.19. The zero-order valence-electron chi connectivity index (χ0n) is 11.1. The van der Waals surface area contributed by atoms with Gasteiger partial charge in [-0.25, -0.2) is 0 Å². The quantitative estimate of drug-likeness (QED) is 0.824. The van der Waals surface area contributed by atoms with Gasteiger partial charge in [0, 0.05) is 18.4 Å². The number of aromatic nitrogens is 1. The van der Waals surface area contributed by atoms with Crippen LogP contribution in [0.1, 0.15) is 44.7 Å². The van der Waals surface area contributed by atoms with Crippen LogP contribution in [0.4, 0.5) is 0 Å². The Labute approximate surface area is 99.5 Å². The van der Waals surface area contributed by atoms with Crippen molar-refractivity contribution in [2.24, 2.45) is 5.92 Å². The van der Waals surface area contributed by atoms with Crippen molar-refractivity contribution in [2.45, 2.75) is 46.6 Å². The summed E-state index contributed by atoms with van der Waals surface area (Å²) in [5, 5.41) is 3.49. The van der Waals surface area contributed by atoms with Crippen LogP contribution < -0.4 is 5.32 Å². The summed E-state index contributed by atoms with van der Waals surface area (Å²) in [4.78, 5) is 4.22. The summed E-state index contributed by atoms with van der Waals surface area (Å²) in [6.45, 7) is 12.2. The molecule has 0 radical (unpaired) electrons. The molecule has 16 heavy (non-hydrogen) atoms. The molecule has 0 amide bonds. The summed E-state index contributed by atoms with van der Waals surface area (Å²) in [6, 6.07) is 2.65. The number of hydrogen-bond donors (Lipinski definition) is 1. The fraction of sp³-hybridized carbons (Fsp3) is 0.643. The average Bonchev–Trinajstić information content (AvgIpc) is 2.25. The SMILES string of the molecule is Cc1ccncc1C(C)C(C)CNC(C)C. The molecule has 1 rings (SSSR count). The second kappa shape index (κ2) is 6.00. The molecule has 0 aromatic carbocycles. The second-order valence-electron chi connectivity index (χ2n) is 5.06. The standard InChI is InChI=1S/C14H24N2/c1-10(2)16-8-12(4)13(5)14-9-15-7-6-11(14)3/h6-7,9-10,12-13,16H,8H2,1-5H3. The molecule has 0 spiro atoms. The first-order valence-electron chi connectivity index (χ1n) is 6.16. The Bertz CT molecular complexity index is 320. The van der Waals surface area contributed by atoms with Gasteiger partial charge in [0.15, 0.2) is 0 Å². The van der Waals surface area contributed by atoms with Crippen LogP contribution in [-0.2, 0) is 0 Å². The van der Waals surface area contributed by atoms with Crippen molar-refractivity contribution >= 4 is 0 Å². The van der Waals surface area contributed by atoms with Gasteiger partial charge in [0.25, 0.3) is 0 Å². The minimum atomic E-state index is 0.556. The highest BCUT2D eigenvalue weighted by Gasteiger charge is 2.16. The summed E-state index contributed by atoms with van der Waals surface area (Å²) in [6.07, 6.45) is 3.87. The Kier molecular flexibility index (Phi) is 4.94. The van der Waals surface area contributed by atoms with Crippen molar-refractivity contribution in [1.82, 2.24) is 10.3 Å². The number of nitrogens with one attached hydrogen (secondary N) is 1. The topological polar surface area (TPSA) is 24.9 Å². The summed E-state index contributed by atoms with van der Waals surface area (Å²) >= 11 is 0. The molecule has 0 aliphatic carbocycles. The lowest BCUT2D eigenvalue weighted by atomic mass is 9.87. The smallest absolute Gasteiger partial charge is 0.0305 e. The number of rotatable bonds is 5. The lowest BCUT2D eigenvalue weighted by molar-refractivity contribution is 0.425. The van der Waals surface area contributed by atoms with E-state index in [1.165, 1.54) is 11.1 Å². The Morgan fingerprint density at radius 2 is 1.94 bits per heavy atom. The van der Waals surface area contributed by atoms with Crippen LogP contribution >= 0.6 is 0 Å². The Morgan fingerprint density at radius 3 is 2.50 bits per heavy atom. The van der Waals surface area contributed by atoms with Crippen molar-refractivity contribution in [3.63, 3.8) is 0 Å².